The molecule has 5 aliphatic rings. The number of hydrogen-bond donors (Lipinski definition) is 1. The zero-order valence-electron chi connectivity index (χ0n) is 70.0. The minimum atomic E-state index is -1.22. The Morgan fingerprint density at radius 2 is 0.369 bits per heavy atom. The summed E-state index contributed by atoms with van der Waals surface area (Å²) in [7, 11) is 0. The van der Waals surface area contributed by atoms with Crippen molar-refractivity contribution in [2.24, 2.45) is 0 Å². The van der Waals surface area contributed by atoms with E-state index in [0.29, 0.717) is 6.61 Å². The molecule has 10 aromatic rings. The highest BCUT2D eigenvalue weighted by atomic mass is 32.2. The molecule has 0 unspecified atom stereocenters. The Balaban J connectivity index is 0.786. The Labute approximate surface area is 721 Å². The largest absolute Gasteiger partial charge is 0.388 e. The fraction of sp³-hybridized carbons (Fsp3) is 0.406. The van der Waals surface area contributed by atoms with Gasteiger partial charge in [-0.05, 0) is 96.5 Å². The highest BCUT2D eigenvalue weighted by molar-refractivity contribution is 7.99. The average Bonchev–Trinajstić information content (AvgIpc) is 0.743. The molecule has 5 fully saturated rings. The number of ether oxygens (including phenoxy) is 19. The monoisotopic (exact) mass is 1680 g/mol. The minimum absolute atomic E-state index is 0.105. The van der Waals surface area contributed by atoms with Gasteiger partial charge in [-0.1, -0.05) is 303 Å². The molecule has 0 saturated carbocycles. The molecule has 0 bridgehead atoms. The van der Waals surface area contributed by atoms with Crippen LogP contribution in [-0.4, -0.2) is 164 Å². The predicted octanol–water partition coefficient (Wildman–Crippen LogP) is 16.8. The van der Waals surface area contributed by atoms with E-state index in [1.807, 2.05) is 337 Å². The van der Waals surface area contributed by atoms with Gasteiger partial charge in [0.05, 0.1) is 96.6 Å². The van der Waals surface area contributed by atoms with Crippen molar-refractivity contribution in [3.8, 4) is 0 Å². The molecule has 10 aromatic carbocycles. The number of hydrogen-bond acceptors (Lipinski definition) is 21. The first-order valence-corrected chi connectivity index (χ1v) is 43.9. The van der Waals surface area contributed by atoms with Gasteiger partial charge in [0.15, 0.2) is 25.2 Å². The molecule has 5 heterocycles. The molecule has 0 aliphatic carbocycles. The van der Waals surface area contributed by atoms with Crippen molar-refractivity contribution < 1.29 is 95.1 Å². The van der Waals surface area contributed by atoms with Crippen LogP contribution < -0.4 is 0 Å². The lowest BCUT2D eigenvalue weighted by Gasteiger charge is -2.52. The lowest BCUT2D eigenvalue weighted by Crippen LogP contribution is -2.67. The van der Waals surface area contributed by atoms with E-state index < -0.39 is 153 Å². The topological polar surface area (TPSA) is 196 Å². The highest BCUT2D eigenvalue weighted by Gasteiger charge is 2.59. The van der Waals surface area contributed by atoms with Crippen LogP contribution in [0.2, 0.25) is 0 Å². The van der Waals surface area contributed by atoms with Gasteiger partial charge in [0.1, 0.15) is 97.0 Å². The van der Waals surface area contributed by atoms with E-state index in [4.69, 9.17) is 90.0 Å². The van der Waals surface area contributed by atoms with Crippen molar-refractivity contribution in [3.63, 3.8) is 0 Å². The Morgan fingerprint density at radius 3 is 0.582 bits per heavy atom. The highest BCUT2D eigenvalue weighted by Crippen LogP contribution is 2.43. The second-order valence-corrected chi connectivity index (χ2v) is 32.7. The van der Waals surface area contributed by atoms with Crippen LogP contribution in [0.4, 0.5) is 0 Å². The van der Waals surface area contributed by atoms with Gasteiger partial charge in [0.25, 0.3) is 0 Å². The summed E-state index contributed by atoms with van der Waals surface area (Å²) in [4.78, 5) is 0. The summed E-state index contributed by atoms with van der Waals surface area (Å²) in [6, 6.07) is 99.7. The van der Waals surface area contributed by atoms with Crippen molar-refractivity contribution in [1.29, 1.82) is 0 Å². The number of aliphatic hydroxyl groups excluding tert-OH is 1. The zero-order chi connectivity index (χ0) is 83.8. The van der Waals surface area contributed by atoms with Crippen molar-refractivity contribution in [2.45, 2.75) is 253 Å². The van der Waals surface area contributed by atoms with Crippen LogP contribution in [0.1, 0.15) is 90.3 Å². The lowest BCUT2D eigenvalue weighted by atomic mass is 9.95. The van der Waals surface area contributed by atoms with E-state index in [9.17, 15) is 5.11 Å². The van der Waals surface area contributed by atoms with Gasteiger partial charge in [0, 0.05) is 0 Å². The molecule has 25 atom stereocenters. The molecule has 5 saturated heterocycles. The molecule has 1 N–H and O–H groups in total. The first-order chi connectivity index (χ1) is 59.9. The summed E-state index contributed by atoms with van der Waals surface area (Å²) in [5.41, 5.74) is 8.78. The molecule has 21 heteroatoms. The molecule has 0 radical (unpaired) electrons. The SMILES string of the molecule is CS[C@@H]1O[C@@H](C)[C@H](O[C@@H]2O[C@@H](C)[C@H](O[C@@H]3O[C@@H](C)[C@H](O[C@@H]4O[C@@H](C)[C@H](O[C@H]5O[C@@H](C)[C@H](O)[C@@H](OCc6ccccc6)[C@H]5OCc5ccccc5)[C@@H](OCc5ccccc5)[C@H]4OCc4ccccc4)[C@@H](OCc4ccccc4)[C@H]3OCc3ccccc3)[C@@H](OCc3ccccc3)[C@H]2OCc2ccccc2)[C@@H](OCc2ccccc2)[C@H]1OCc1ccccc1. The van der Waals surface area contributed by atoms with Gasteiger partial charge in [0.2, 0.25) is 0 Å². The second-order valence-electron chi connectivity index (χ2n) is 31.8. The maximum absolute atomic E-state index is 12.2. The van der Waals surface area contributed by atoms with Crippen molar-refractivity contribution in [1.82, 2.24) is 0 Å². The lowest BCUT2D eigenvalue weighted by molar-refractivity contribution is -0.398. The first-order valence-electron chi connectivity index (χ1n) is 42.6. The standard InChI is InChI=1S/C101H114O20S/c1-67-82(102)87(103-57-72-37-17-7-18-38-72)92(108-62-77-47-27-12-28-48-77)97(113-67)118-83-68(2)114-98(93(109-63-78-49-29-13-30-50-78)88(83)104-58-73-39-19-8-20-40-73)119-84-69(3)115-99(94(110-64-79-51-31-14-32-52-79)89(84)105-59-74-41-21-9-22-42-74)120-85-70(4)116-100(95(111-65-80-53-33-15-34-54-80)90(85)106-60-75-43-23-10-24-44-75)121-86-71(5)117-101(122-6)96(112-66-81-55-35-16-36-56-81)91(86)107-61-76-45-25-11-26-46-76/h7-56,67-71,82-102H,57-66H2,1-6H3/t67-,68-,69-,70-,71-,82-,83-,84-,85-,86-,87+,88+,89+,90+,91+,92+,93+,94+,95+,96+,97+,98-,99-,100-,101-/m0/s1. The number of thioether (sulfide) groups is 1. The third-order valence-electron chi connectivity index (χ3n) is 22.9. The number of benzene rings is 10. The summed E-state index contributed by atoms with van der Waals surface area (Å²) in [6.45, 7) is 11.3. The van der Waals surface area contributed by atoms with Crippen LogP contribution in [0.15, 0.2) is 303 Å². The molecule has 644 valence electrons. The van der Waals surface area contributed by atoms with Crippen LogP contribution in [-0.2, 0) is 156 Å². The van der Waals surface area contributed by atoms with Crippen LogP contribution in [0.3, 0.4) is 0 Å². The molecule has 0 amide bonds. The fourth-order valence-electron chi connectivity index (χ4n) is 16.4. The fourth-order valence-corrected chi connectivity index (χ4v) is 17.2. The van der Waals surface area contributed by atoms with Gasteiger partial charge in [-0.25, -0.2) is 0 Å². The van der Waals surface area contributed by atoms with Crippen molar-refractivity contribution in [3.05, 3.63) is 359 Å². The average molecular weight is 1680 g/mol. The smallest absolute Gasteiger partial charge is 0.187 e. The van der Waals surface area contributed by atoms with Crippen LogP contribution in [0, 0.1) is 0 Å². The van der Waals surface area contributed by atoms with Gasteiger partial charge in [-0.3, -0.25) is 0 Å². The summed E-state index contributed by atoms with van der Waals surface area (Å²) in [5.74, 6) is 0. The van der Waals surface area contributed by atoms with Crippen molar-refractivity contribution >= 4 is 11.8 Å². The Hall–Kier alpha value is -8.25. The molecular weight excluding hydrogens is 1570 g/mol. The molecule has 5 aliphatic heterocycles. The third kappa shape index (κ3) is 23.8. The van der Waals surface area contributed by atoms with E-state index in [0.717, 1.165) is 55.6 Å². The second kappa shape index (κ2) is 45.1. The maximum Gasteiger partial charge on any atom is 0.187 e. The van der Waals surface area contributed by atoms with Gasteiger partial charge in [-0.15, -0.1) is 11.8 Å². The van der Waals surface area contributed by atoms with Gasteiger partial charge < -0.3 is 95.1 Å². The maximum atomic E-state index is 12.2. The Morgan fingerprint density at radius 1 is 0.205 bits per heavy atom. The normalized spacial score (nSPS) is 30.5. The quantitative estimate of drug-likeness (QED) is 0.0381. The minimum Gasteiger partial charge on any atom is -0.388 e. The van der Waals surface area contributed by atoms with Crippen LogP contribution in [0.25, 0.3) is 0 Å². The van der Waals surface area contributed by atoms with E-state index in [-0.39, 0.29) is 59.5 Å². The summed E-state index contributed by atoms with van der Waals surface area (Å²) in [5, 5.41) is 12.2. The number of aliphatic hydroxyl groups is 1. The molecule has 122 heavy (non-hydrogen) atoms. The first kappa shape index (κ1) is 88.6. The summed E-state index contributed by atoms with van der Waals surface area (Å²) in [6.07, 6.45) is -20.5. The number of rotatable bonds is 39. The predicted molar refractivity (Wildman–Crippen MR) is 461 cm³/mol. The van der Waals surface area contributed by atoms with Crippen LogP contribution >= 0.6 is 11.8 Å². The van der Waals surface area contributed by atoms with Gasteiger partial charge >= 0.3 is 0 Å². The van der Waals surface area contributed by atoms with E-state index in [2.05, 4.69) is 0 Å². The van der Waals surface area contributed by atoms with Crippen LogP contribution in [0.5, 0.6) is 0 Å². The summed E-state index contributed by atoms with van der Waals surface area (Å²) < 4.78 is 138. The molecule has 0 spiro atoms. The van der Waals surface area contributed by atoms with Gasteiger partial charge in [-0.2, -0.15) is 0 Å². The Kier molecular flexibility index (Phi) is 32.7. The van der Waals surface area contributed by atoms with E-state index in [1.54, 1.807) is 18.7 Å². The summed E-state index contributed by atoms with van der Waals surface area (Å²) >= 11 is 1.56. The third-order valence-corrected chi connectivity index (χ3v) is 23.8. The molecule has 15 rings (SSSR count). The molecular formula is C101H114O20S. The zero-order valence-corrected chi connectivity index (χ0v) is 70.8. The molecule has 0 aromatic heterocycles. The van der Waals surface area contributed by atoms with E-state index in [1.165, 1.54) is 0 Å². The Bertz CT molecular complexity index is 4590. The molecule has 20 nitrogen and oxygen atoms in total. The van der Waals surface area contributed by atoms with E-state index >= 15 is 0 Å². The van der Waals surface area contributed by atoms with Crippen molar-refractivity contribution in [2.75, 3.05) is 6.26 Å².